The number of ether oxygens (including phenoxy) is 1. The quantitative estimate of drug-likeness (QED) is 0.818. The van der Waals surface area contributed by atoms with E-state index in [1.807, 2.05) is 6.92 Å². The Morgan fingerprint density at radius 1 is 1.27 bits per heavy atom. The highest BCUT2D eigenvalue weighted by Gasteiger charge is 2.24. The molecular weight excluding hydrogens is 350 g/mol. The number of amides is 1. The van der Waals surface area contributed by atoms with Crippen LogP contribution in [0.1, 0.15) is 33.2 Å². The predicted molar refractivity (Wildman–Crippen MR) is 103 cm³/mol. The molecule has 0 radical (unpaired) electrons. The molecule has 138 valence electrons. The molecule has 1 aromatic carbocycles. The molecule has 1 aliphatic rings. The SMILES string of the molecule is Cc1cccc([C@H](CNC(=O)c2ccc(C)nc2Cl)N2CCOCC2)c1. The van der Waals surface area contributed by atoms with Crippen molar-refractivity contribution >= 4 is 17.5 Å². The van der Waals surface area contributed by atoms with E-state index in [4.69, 9.17) is 16.3 Å². The number of aromatic nitrogens is 1. The van der Waals surface area contributed by atoms with Crippen molar-refractivity contribution in [3.8, 4) is 0 Å². The molecule has 26 heavy (non-hydrogen) atoms. The molecule has 1 saturated heterocycles. The highest BCUT2D eigenvalue weighted by molar-refractivity contribution is 6.32. The van der Waals surface area contributed by atoms with Crippen LogP contribution in [0.2, 0.25) is 5.15 Å². The van der Waals surface area contributed by atoms with Gasteiger partial charge in [0.15, 0.2) is 0 Å². The maximum Gasteiger partial charge on any atom is 0.254 e. The Balaban J connectivity index is 1.76. The van der Waals surface area contributed by atoms with Gasteiger partial charge in [0.1, 0.15) is 5.15 Å². The number of rotatable bonds is 5. The Bertz CT molecular complexity index is 775. The normalized spacial score (nSPS) is 16.3. The van der Waals surface area contributed by atoms with Gasteiger partial charge >= 0.3 is 0 Å². The molecule has 6 heteroatoms. The number of carbonyl (C=O) groups excluding carboxylic acids is 1. The van der Waals surface area contributed by atoms with Gasteiger partial charge in [0.05, 0.1) is 24.8 Å². The summed E-state index contributed by atoms with van der Waals surface area (Å²) in [7, 11) is 0. The third-order valence-corrected chi connectivity index (χ3v) is 4.89. The van der Waals surface area contributed by atoms with Crippen LogP contribution < -0.4 is 5.32 Å². The van der Waals surface area contributed by atoms with Crippen molar-refractivity contribution in [1.29, 1.82) is 0 Å². The highest BCUT2D eigenvalue weighted by Crippen LogP contribution is 2.23. The molecule has 0 spiro atoms. The van der Waals surface area contributed by atoms with E-state index in [1.54, 1.807) is 12.1 Å². The highest BCUT2D eigenvalue weighted by atomic mass is 35.5. The van der Waals surface area contributed by atoms with E-state index >= 15 is 0 Å². The fraction of sp³-hybridized carbons (Fsp3) is 0.400. The first-order chi connectivity index (χ1) is 12.5. The van der Waals surface area contributed by atoms with Crippen LogP contribution in [0.25, 0.3) is 0 Å². The van der Waals surface area contributed by atoms with Crippen LogP contribution in [0.4, 0.5) is 0 Å². The van der Waals surface area contributed by atoms with Crippen LogP contribution in [0, 0.1) is 13.8 Å². The van der Waals surface area contributed by atoms with Crippen molar-refractivity contribution in [2.24, 2.45) is 0 Å². The van der Waals surface area contributed by atoms with Crippen LogP contribution in [0.15, 0.2) is 36.4 Å². The lowest BCUT2D eigenvalue weighted by Crippen LogP contribution is -2.43. The summed E-state index contributed by atoms with van der Waals surface area (Å²) in [5.74, 6) is -0.201. The molecule has 2 heterocycles. The van der Waals surface area contributed by atoms with Gasteiger partial charge in [-0.15, -0.1) is 0 Å². The van der Waals surface area contributed by atoms with Crippen molar-refractivity contribution in [3.63, 3.8) is 0 Å². The minimum absolute atomic E-state index is 0.0972. The Morgan fingerprint density at radius 3 is 2.73 bits per heavy atom. The van der Waals surface area contributed by atoms with E-state index in [0.29, 0.717) is 25.3 Å². The smallest absolute Gasteiger partial charge is 0.254 e. The maximum absolute atomic E-state index is 12.6. The molecule has 1 amide bonds. The Morgan fingerprint density at radius 2 is 2.04 bits per heavy atom. The van der Waals surface area contributed by atoms with Gasteiger partial charge in [0.2, 0.25) is 0 Å². The molecule has 2 aromatic rings. The number of benzene rings is 1. The molecule has 1 N–H and O–H groups in total. The average molecular weight is 374 g/mol. The van der Waals surface area contributed by atoms with E-state index < -0.39 is 0 Å². The molecule has 1 aliphatic heterocycles. The van der Waals surface area contributed by atoms with Crippen LogP contribution in [-0.4, -0.2) is 48.6 Å². The number of nitrogens with zero attached hydrogens (tertiary/aromatic N) is 2. The summed E-state index contributed by atoms with van der Waals surface area (Å²) in [5.41, 5.74) is 3.60. The summed E-state index contributed by atoms with van der Waals surface area (Å²) in [6, 6.07) is 12.0. The molecule has 1 atom stereocenters. The number of pyridine rings is 1. The number of morpholine rings is 1. The maximum atomic E-state index is 12.6. The third kappa shape index (κ3) is 4.61. The number of hydrogen-bond donors (Lipinski definition) is 1. The van der Waals surface area contributed by atoms with Crippen molar-refractivity contribution in [2.45, 2.75) is 19.9 Å². The van der Waals surface area contributed by atoms with E-state index in [9.17, 15) is 4.79 Å². The number of halogens is 1. The monoisotopic (exact) mass is 373 g/mol. The summed E-state index contributed by atoms with van der Waals surface area (Å²) in [6.45, 7) is 7.55. The lowest BCUT2D eigenvalue weighted by atomic mass is 10.0. The van der Waals surface area contributed by atoms with Gasteiger partial charge < -0.3 is 10.1 Å². The number of carbonyl (C=O) groups is 1. The zero-order chi connectivity index (χ0) is 18.5. The van der Waals surface area contributed by atoms with E-state index in [0.717, 1.165) is 18.8 Å². The molecule has 3 rings (SSSR count). The van der Waals surface area contributed by atoms with Gasteiger partial charge in [-0.1, -0.05) is 41.4 Å². The Labute approximate surface area is 159 Å². The summed E-state index contributed by atoms with van der Waals surface area (Å²) in [4.78, 5) is 19.1. The molecular formula is C20H24ClN3O2. The molecule has 5 nitrogen and oxygen atoms in total. The molecule has 1 fully saturated rings. The van der Waals surface area contributed by atoms with Crippen LogP contribution in [0.5, 0.6) is 0 Å². The fourth-order valence-electron chi connectivity index (χ4n) is 3.20. The zero-order valence-electron chi connectivity index (χ0n) is 15.2. The van der Waals surface area contributed by atoms with Gasteiger partial charge in [-0.05, 0) is 31.5 Å². The zero-order valence-corrected chi connectivity index (χ0v) is 15.9. The first-order valence-corrected chi connectivity index (χ1v) is 9.22. The lowest BCUT2D eigenvalue weighted by Gasteiger charge is -2.35. The minimum Gasteiger partial charge on any atom is -0.379 e. The molecule has 0 saturated carbocycles. The molecule has 0 bridgehead atoms. The second kappa shape index (κ2) is 8.62. The first-order valence-electron chi connectivity index (χ1n) is 8.84. The summed E-state index contributed by atoms with van der Waals surface area (Å²) < 4.78 is 5.48. The van der Waals surface area contributed by atoms with Crippen molar-refractivity contribution in [1.82, 2.24) is 15.2 Å². The Kier molecular flexibility index (Phi) is 6.25. The van der Waals surface area contributed by atoms with E-state index in [2.05, 4.69) is 46.4 Å². The summed E-state index contributed by atoms with van der Waals surface area (Å²) in [5, 5.41) is 3.27. The van der Waals surface area contributed by atoms with Gasteiger partial charge in [0, 0.05) is 25.3 Å². The van der Waals surface area contributed by atoms with E-state index in [1.165, 1.54) is 11.1 Å². The Hall–Kier alpha value is -1.95. The number of hydrogen-bond acceptors (Lipinski definition) is 4. The number of aryl methyl sites for hydroxylation is 2. The summed E-state index contributed by atoms with van der Waals surface area (Å²) in [6.07, 6.45) is 0. The first kappa shape index (κ1) is 18.8. The van der Waals surface area contributed by atoms with Gasteiger partial charge in [-0.3, -0.25) is 9.69 Å². The molecule has 0 unspecified atom stereocenters. The van der Waals surface area contributed by atoms with Gasteiger partial charge in [0.25, 0.3) is 5.91 Å². The van der Waals surface area contributed by atoms with Crippen molar-refractivity contribution < 1.29 is 9.53 Å². The second-order valence-corrected chi connectivity index (χ2v) is 6.94. The minimum atomic E-state index is -0.201. The second-order valence-electron chi connectivity index (χ2n) is 6.58. The van der Waals surface area contributed by atoms with Crippen molar-refractivity contribution in [2.75, 3.05) is 32.8 Å². The van der Waals surface area contributed by atoms with Crippen molar-refractivity contribution in [3.05, 3.63) is 63.9 Å². The fourth-order valence-corrected chi connectivity index (χ4v) is 3.49. The third-order valence-electron chi connectivity index (χ3n) is 4.60. The molecule has 1 aromatic heterocycles. The largest absolute Gasteiger partial charge is 0.379 e. The predicted octanol–water partition coefficient (Wildman–Crippen LogP) is 3.16. The van der Waals surface area contributed by atoms with Gasteiger partial charge in [-0.2, -0.15) is 0 Å². The van der Waals surface area contributed by atoms with Crippen LogP contribution >= 0.6 is 11.6 Å². The topological polar surface area (TPSA) is 54.5 Å². The lowest BCUT2D eigenvalue weighted by molar-refractivity contribution is 0.0162. The average Bonchev–Trinajstić information content (AvgIpc) is 2.63. The summed E-state index contributed by atoms with van der Waals surface area (Å²) >= 11 is 6.13. The van der Waals surface area contributed by atoms with Crippen LogP contribution in [0.3, 0.4) is 0 Å². The number of nitrogens with one attached hydrogen (secondary N) is 1. The van der Waals surface area contributed by atoms with E-state index in [-0.39, 0.29) is 17.1 Å². The van der Waals surface area contributed by atoms with Gasteiger partial charge in [-0.25, -0.2) is 4.98 Å². The van der Waals surface area contributed by atoms with Crippen LogP contribution in [-0.2, 0) is 4.74 Å². The standard InChI is InChI=1S/C20H24ClN3O2/c1-14-4-3-5-16(12-14)18(24-8-10-26-11-9-24)13-22-20(25)17-7-6-15(2)23-19(17)21/h3-7,12,18H,8-11,13H2,1-2H3,(H,22,25)/t18-/m0/s1. The molecule has 0 aliphatic carbocycles.